The first-order valence-corrected chi connectivity index (χ1v) is 7.44. The Kier molecular flexibility index (Phi) is 7.14. The van der Waals surface area contributed by atoms with Gasteiger partial charge < -0.3 is 10.1 Å². The summed E-state index contributed by atoms with van der Waals surface area (Å²) < 4.78 is 5.05. The van der Waals surface area contributed by atoms with E-state index in [1.165, 1.54) is 0 Å². The van der Waals surface area contributed by atoms with Crippen LogP contribution in [0.1, 0.15) is 33.6 Å². The predicted molar refractivity (Wildman–Crippen MR) is 77.6 cm³/mol. The molecule has 0 radical (unpaired) electrons. The second-order valence-corrected chi connectivity index (χ2v) is 5.45. The third-order valence-corrected chi connectivity index (χ3v) is 3.34. The molecule has 1 aliphatic rings. The highest BCUT2D eigenvalue weighted by Crippen LogP contribution is 2.18. The van der Waals surface area contributed by atoms with Crippen molar-refractivity contribution in [3.63, 3.8) is 0 Å². The van der Waals surface area contributed by atoms with Crippen molar-refractivity contribution in [2.24, 2.45) is 5.92 Å². The third kappa shape index (κ3) is 5.71. The van der Waals surface area contributed by atoms with Gasteiger partial charge in [0.05, 0.1) is 0 Å². The normalized spacial score (nSPS) is 16.6. The van der Waals surface area contributed by atoms with E-state index in [1.54, 1.807) is 6.92 Å². The molecule has 1 rings (SSSR count). The van der Waals surface area contributed by atoms with Crippen LogP contribution >= 0.6 is 0 Å². The molecule has 0 aromatic carbocycles. The zero-order valence-corrected chi connectivity index (χ0v) is 13.0. The van der Waals surface area contributed by atoms with Crippen molar-refractivity contribution in [3.8, 4) is 0 Å². The Morgan fingerprint density at radius 1 is 1.19 bits per heavy atom. The van der Waals surface area contributed by atoms with Crippen LogP contribution in [-0.2, 0) is 14.3 Å². The van der Waals surface area contributed by atoms with Crippen LogP contribution in [0.15, 0.2) is 0 Å². The Morgan fingerprint density at radius 2 is 1.81 bits per heavy atom. The Hall–Kier alpha value is -1.63. The van der Waals surface area contributed by atoms with Gasteiger partial charge in [-0.05, 0) is 38.8 Å². The topological polar surface area (TPSA) is 87.7 Å². The molecule has 1 heterocycles. The van der Waals surface area contributed by atoms with E-state index >= 15 is 0 Å². The number of ether oxygens (including phenoxy) is 1. The van der Waals surface area contributed by atoms with Gasteiger partial charge in [0.1, 0.15) is 6.04 Å². The van der Waals surface area contributed by atoms with E-state index in [4.69, 9.17) is 4.74 Å². The number of esters is 1. The Labute approximate surface area is 125 Å². The number of imide groups is 1. The number of carbonyl (C=O) groups excluding carboxylic acids is 3. The molecule has 1 unspecified atom stereocenters. The second kappa shape index (κ2) is 8.61. The van der Waals surface area contributed by atoms with Gasteiger partial charge in [-0.3, -0.25) is 19.8 Å². The van der Waals surface area contributed by atoms with Crippen molar-refractivity contribution in [2.75, 3.05) is 26.2 Å². The molecule has 120 valence electrons. The van der Waals surface area contributed by atoms with Crippen molar-refractivity contribution >= 4 is 17.9 Å². The van der Waals surface area contributed by atoms with Gasteiger partial charge in [0.25, 0.3) is 5.91 Å². The summed E-state index contributed by atoms with van der Waals surface area (Å²) in [5.74, 6) is -0.918. The van der Waals surface area contributed by atoms with E-state index in [9.17, 15) is 14.4 Å². The average molecular weight is 299 g/mol. The van der Waals surface area contributed by atoms with Crippen LogP contribution in [0, 0.1) is 5.92 Å². The maximum atomic E-state index is 12.1. The zero-order chi connectivity index (χ0) is 15.8. The molecule has 0 bridgehead atoms. The molecule has 2 N–H and O–H groups in total. The van der Waals surface area contributed by atoms with Gasteiger partial charge >= 0.3 is 12.0 Å². The number of hydrogen-bond acceptors (Lipinski definition) is 5. The zero-order valence-electron chi connectivity index (χ0n) is 13.0. The highest BCUT2D eigenvalue weighted by molar-refractivity contribution is 5.95. The van der Waals surface area contributed by atoms with Gasteiger partial charge in [0, 0.05) is 6.54 Å². The maximum Gasteiger partial charge on any atom is 0.324 e. The quantitative estimate of drug-likeness (QED) is 0.697. The van der Waals surface area contributed by atoms with Gasteiger partial charge in [-0.1, -0.05) is 13.8 Å². The summed E-state index contributed by atoms with van der Waals surface area (Å²) in [6, 6.07) is -0.914. The molecular weight excluding hydrogens is 274 g/mol. The lowest BCUT2D eigenvalue weighted by Gasteiger charge is -2.28. The number of nitrogens with one attached hydrogen (secondary N) is 2. The minimum absolute atomic E-state index is 0.113. The maximum absolute atomic E-state index is 12.1. The first-order chi connectivity index (χ1) is 9.95. The number of rotatable bonds is 6. The first kappa shape index (κ1) is 17.4. The first-order valence-electron chi connectivity index (χ1n) is 7.44. The molecular formula is C14H25N3O4. The molecule has 3 amide bonds. The molecule has 7 heteroatoms. The summed E-state index contributed by atoms with van der Waals surface area (Å²) in [6.07, 6.45) is 2.16. The fraction of sp³-hybridized carbons (Fsp3) is 0.786. The van der Waals surface area contributed by atoms with Crippen LogP contribution in [0.25, 0.3) is 0 Å². The summed E-state index contributed by atoms with van der Waals surface area (Å²) in [4.78, 5) is 36.9. The van der Waals surface area contributed by atoms with Crippen molar-refractivity contribution in [1.82, 2.24) is 15.5 Å². The molecule has 0 aromatic heterocycles. The lowest BCUT2D eigenvalue weighted by atomic mass is 10.0. The molecule has 1 fully saturated rings. The largest absolute Gasteiger partial charge is 0.454 e. The predicted octanol–water partition coefficient (Wildman–Crippen LogP) is 0.496. The van der Waals surface area contributed by atoms with Gasteiger partial charge in [-0.15, -0.1) is 0 Å². The molecule has 1 saturated heterocycles. The van der Waals surface area contributed by atoms with Crippen LogP contribution in [-0.4, -0.2) is 55.1 Å². The fourth-order valence-corrected chi connectivity index (χ4v) is 2.45. The second-order valence-electron chi connectivity index (χ2n) is 5.45. The van der Waals surface area contributed by atoms with Crippen molar-refractivity contribution in [1.29, 1.82) is 0 Å². The van der Waals surface area contributed by atoms with Crippen LogP contribution in [0.2, 0.25) is 0 Å². The summed E-state index contributed by atoms with van der Waals surface area (Å²) in [5, 5.41) is 4.52. The molecule has 1 aliphatic heterocycles. The lowest BCUT2D eigenvalue weighted by molar-refractivity contribution is -0.154. The minimum Gasteiger partial charge on any atom is -0.454 e. The Balaban J connectivity index is 2.43. The van der Waals surface area contributed by atoms with Crippen molar-refractivity contribution < 1.29 is 19.1 Å². The Bertz CT molecular complexity index is 378. The Morgan fingerprint density at radius 3 is 2.33 bits per heavy atom. The number of hydrogen-bond donors (Lipinski definition) is 2. The molecule has 0 saturated carbocycles. The van der Waals surface area contributed by atoms with Crippen LogP contribution in [0.3, 0.4) is 0 Å². The SMILES string of the molecule is CCNC(=O)NC(=O)COC(=O)C(C(C)C)N1CCCC1. The number of likely N-dealkylation sites (tertiary alicyclic amines) is 1. The van der Waals surface area contributed by atoms with Crippen molar-refractivity contribution in [2.45, 2.75) is 39.7 Å². The highest BCUT2D eigenvalue weighted by atomic mass is 16.5. The van der Waals surface area contributed by atoms with E-state index in [-0.39, 0.29) is 12.0 Å². The van der Waals surface area contributed by atoms with Crippen LogP contribution in [0.5, 0.6) is 0 Å². The molecule has 7 nitrogen and oxygen atoms in total. The van der Waals surface area contributed by atoms with Crippen LogP contribution < -0.4 is 10.6 Å². The molecule has 0 spiro atoms. The number of carbonyl (C=O) groups is 3. The fourth-order valence-electron chi connectivity index (χ4n) is 2.45. The van der Waals surface area contributed by atoms with Gasteiger partial charge in [-0.2, -0.15) is 0 Å². The summed E-state index contributed by atoms with van der Waals surface area (Å²) in [6.45, 7) is 7.40. The highest BCUT2D eigenvalue weighted by Gasteiger charge is 2.32. The standard InChI is InChI=1S/C14H25N3O4/c1-4-15-14(20)16-11(18)9-21-13(19)12(10(2)3)17-7-5-6-8-17/h10,12H,4-9H2,1-3H3,(H2,15,16,18,20). The number of amides is 3. The van der Waals surface area contributed by atoms with Gasteiger partial charge in [0.2, 0.25) is 0 Å². The number of nitrogens with zero attached hydrogens (tertiary/aromatic N) is 1. The molecule has 0 aromatic rings. The van der Waals surface area contributed by atoms with Crippen molar-refractivity contribution in [3.05, 3.63) is 0 Å². The van der Waals surface area contributed by atoms with E-state index in [1.807, 2.05) is 13.8 Å². The molecule has 21 heavy (non-hydrogen) atoms. The summed E-state index contributed by atoms with van der Waals surface area (Å²) >= 11 is 0. The number of urea groups is 1. The minimum atomic E-state index is -0.627. The van der Waals surface area contributed by atoms with E-state index in [0.717, 1.165) is 25.9 Å². The lowest BCUT2D eigenvalue weighted by Crippen LogP contribution is -2.46. The van der Waals surface area contributed by atoms with Gasteiger partial charge in [0.15, 0.2) is 6.61 Å². The van der Waals surface area contributed by atoms with Crippen LogP contribution in [0.4, 0.5) is 4.79 Å². The average Bonchev–Trinajstić information content (AvgIpc) is 2.90. The smallest absolute Gasteiger partial charge is 0.324 e. The van der Waals surface area contributed by atoms with E-state index < -0.39 is 24.5 Å². The van der Waals surface area contributed by atoms with Gasteiger partial charge in [-0.25, -0.2) is 4.79 Å². The third-order valence-electron chi connectivity index (χ3n) is 3.34. The molecule has 1 atom stereocenters. The molecule has 0 aliphatic carbocycles. The van der Waals surface area contributed by atoms with E-state index in [0.29, 0.717) is 6.54 Å². The summed E-state index contributed by atoms with van der Waals surface area (Å²) in [5.41, 5.74) is 0. The monoisotopic (exact) mass is 299 g/mol. The summed E-state index contributed by atoms with van der Waals surface area (Å²) in [7, 11) is 0. The van der Waals surface area contributed by atoms with E-state index in [2.05, 4.69) is 15.5 Å².